The Morgan fingerprint density at radius 1 is 1.25 bits per heavy atom. The summed E-state index contributed by atoms with van der Waals surface area (Å²) in [5.74, 6) is 0.937. The van der Waals surface area contributed by atoms with Gasteiger partial charge in [-0.15, -0.1) is 0 Å². The maximum absolute atomic E-state index is 12.5. The number of carbonyl (C=O) groups is 1. The molecule has 2 aliphatic carbocycles. The van der Waals surface area contributed by atoms with Crippen molar-refractivity contribution in [2.45, 2.75) is 76.0 Å². The van der Waals surface area contributed by atoms with E-state index < -0.39 is 5.60 Å². The molecule has 0 aromatic heterocycles. The first-order chi connectivity index (χ1) is 9.56. The third-order valence-electron chi connectivity index (χ3n) is 5.24. The zero-order valence-electron chi connectivity index (χ0n) is 12.6. The van der Waals surface area contributed by atoms with Gasteiger partial charge in [0.25, 0.3) is 0 Å². The molecule has 4 heteroatoms. The van der Waals surface area contributed by atoms with E-state index >= 15 is 0 Å². The fourth-order valence-electron chi connectivity index (χ4n) is 3.60. The molecule has 0 bridgehead atoms. The lowest BCUT2D eigenvalue weighted by molar-refractivity contribution is -0.141. The van der Waals surface area contributed by atoms with E-state index in [4.69, 9.17) is 0 Å². The van der Waals surface area contributed by atoms with Crippen LogP contribution in [0.1, 0.15) is 58.3 Å². The third kappa shape index (κ3) is 3.34. The summed E-state index contributed by atoms with van der Waals surface area (Å²) in [4.78, 5) is 14.4. The Bertz CT molecular complexity index is 359. The van der Waals surface area contributed by atoms with E-state index in [2.05, 4.69) is 12.2 Å². The van der Waals surface area contributed by atoms with Crippen molar-refractivity contribution in [3.05, 3.63) is 0 Å². The quantitative estimate of drug-likeness (QED) is 0.823. The molecule has 4 nitrogen and oxygen atoms in total. The van der Waals surface area contributed by atoms with Gasteiger partial charge in [-0.05, 0) is 57.3 Å². The predicted molar refractivity (Wildman–Crippen MR) is 78.3 cm³/mol. The highest BCUT2D eigenvalue weighted by Crippen LogP contribution is 2.33. The summed E-state index contributed by atoms with van der Waals surface area (Å²) in [5.41, 5.74) is -0.635. The van der Waals surface area contributed by atoms with Gasteiger partial charge in [0.05, 0.1) is 11.6 Å². The third-order valence-corrected chi connectivity index (χ3v) is 5.24. The Morgan fingerprint density at radius 2 is 1.95 bits per heavy atom. The molecule has 1 amide bonds. The van der Waals surface area contributed by atoms with Crippen molar-refractivity contribution in [3.8, 4) is 0 Å². The summed E-state index contributed by atoms with van der Waals surface area (Å²) >= 11 is 0. The van der Waals surface area contributed by atoms with E-state index in [0.29, 0.717) is 12.6 Å². The largest absolute Gasteiger partial charge is 0.388 e. The molecular formula is C16H28N2O2. The lowest BCUT2D eigenvalue weighted by atomic mass is 9.79. The van der Waals surface area contributed by atoms with Gasteiger partial charge in [-0.2, -0.15) is 0 Å². The molecule has 0 aromatic rings. The first-order valence-electron chi connectivity index (χ1n) is 8.33. The predicted octanol–water partition coefficient (Wildman–Crippen LogP) is 1.67. The average molecular weight is 280 g/mol. The first-order valence-corrected chi connectivity index (χ1v) is 8.33. The molecule has 3 aliphatic rings. The fourth-order valence-corrected chi connectivity index (χ4v) is 3.60. The van der Waals surface area contributed by atoms with Crippen LogP contribution in [0.5, 0.6) is 0 Å². The van der Waals surface area contributed by atoms with E-state index in [1.807, 2.05) is 4.90 Å². The Morgan fingerprint density at radius 3 is 2.60 bits per heavy atom. The number of hydrogen-bond acceptors (Lipinski definition) is 3. The van der Waals surface area contributed by atoms with E-state index in [1.54, 1.807) is 0 Å². The average Bonchev–Trinajstić information content (AvgIpc) is 3.22. The molecule has 1 aliphatic heterocycles. The topological polar surface area (TPSA) is 52.6 Å². The molecule has 114 valence electrons. The number of likely N-dealkylation sites (tertiary alicyclic amines) is 1. The Balaban J connectivity index is 1.56. The molecule has 2 N–H and O–H groups in total. The van der Waals surface area contributed by atoms with Crippen LogP contribution in [0.4, 0.5) is 0 Å². The van der Waals surface area contributed by atoms with Gasteiger partial charge in [-0.25, -0.2) is 0 Å². The van der Waals surface area contributed by atoms with Crippen molar-refractivity contribution in [2.75, 3.05) is 13.1 Å². The fraction of sp³-hybridized carbons (Fsp3) is 0.938. The molecule has 20 heavy (non-hydrogen) atoms. The molecule has 0 radical (unpaired) electrons. The zero-order chi connectivity index (χ0) is 14.2. The minimum absolute atomic E-state index is 0.00219. The van der Waals surface area contributed by atoms with Crippen molar-refractivity contribution in [2.24, 2.45) is 5.92 Å². The van der Waals surface area contributed by atoms with Crippen LogP contribution in [0.15, 0.2) is 0 Å². The highest BCUT2D eigenvalue weighted by Gasteiger charge is 2.39. The number of carbonyl (C=O) groups excluding carboxylic acids is 1. The molecule has 1 saturated heterocycles. The van der Waals surface area contributed by atoms with Crippen LogP contribution in [0, 0.1) is 5.92 Å². The smallest absolute Gasteiger partial charge is 0.239 e. The van der Waals surface area contributed by atoms with E-state index in [1.165, 1.54) is 12.8 Å². The Kier molecular flexibility index (Phi) is 4.04. The number of amides is 1. The highest BCUT2D eigenvalue weighted by molar-refractivity contribution is 5.82. The van der Waals surface area contributed by atoms with Gasteiger partial charge in [0.1, 0.15) is 0 Å². The van der Waals surface area contributed by atoms with E-state index in [0.717, 1.165) is 51.0 Å². The van der Waals surface area contributed by atoms with Crippen molar-refractivity contribution >= 4 is 5.91 Å². The SMILES string of the molecule is CC1CCC(O)(CN2CCCC(NC3CC3)C2=O)CC1. The van der Waals surface area contributed by atoms with Gasteiger partial charge >= 0.3 is 0 Å². The first kappa shape index (κ1) is 14.3. The number of piperidine rings is 1. The van der Waals surface area contributed by atoms with Crippen molar-refractivity contribution in [3.63, 3.8) is 0 Å². The van der Waals surface area contributed by atoms with Crippen LogP contribution in [-0.4, -0.2) is 46.7 Å². The number of β-amino-alcohol motifs (C(OH)–C–C–N with tert-alkyl or cyclic N) is 1. The molecule has 1 atom stereocenters. The van der Waals surface area contributed by atoms with Gasteiger partial charge in [-0.1, -0.05) is 6.92 Å². The summed E-state index contributed by atoms with van der Waals surface area (Å²) in [6, 6.07) is 0.574. The summed E-state index contributed by atoms with van der Waals surface area (Å²) < 4.78 is 0. The van der Waals surface area contributed by atoms with Gasteiger partial charge in [0.15, 0.2) is 0 Å². The summed E-state index contributed by atoms with van der Waals surface area (Å²) in [5, 5.41) is 14.2. The lowest BCUT2D eigenvalue weighted by Crippen LogP contribution is -2.56. The maximum atomic E-state index is 12.5. The molecule has 1 unspecified atom stereocenters. The summed E-state index contributed by atoms with van der Waals surface area (Å²) in [7, 11) is 0. The number of aliphatic hydroxyl groups is 1. The van der Waals surface area contributed by atoms with E-state index in [-0.39, 0.29) is 11.9 Å². The minimum atomic E-state index is -0.635. The van der Waals surface area contributed by atoms with Gasteiger partial charge < -0.3 is 15.3 Å². The van der Waals surface area contributed by atoms with E-state index in [9.17, 15) is 9.90 Å². The second-order valence-electron chi connectivity index (χ2n) is 7.30. The number of hydrogen-bond donors (Lipinski definition) is 2. The van der Waals surface area contributed by atoms with Crippen LogP contribution >= 0.6 is 0 Å². The Hall–Kier alpha value is -0.610. The normalized spacial score (nSPS) is 39.1. The van der Waals surface area contributed by atoms with Crippen LogP contribution < -0.4 is 5.32 Å². The standard InChI is InChI=1S/C16H28N2O2/c1-12-6-8-16(20,9-7-12)11-18-10-2-3-14(15(18)19)17-13-4-5-13/h12-14,17,20H,2-11H2,1H3. The highest BCUT2D eigenvalue weighted by atomic mass is 16.3. The molecule has 2 saturated carbocycles. The second-order valence-corrected chi connectivity index (χ2v) is 7.30. The monoisotopic (exact) mass is 280 g/mol. The van der Waals surface area contributed by atoms with Crippen LogP contribution in [0.25, 0.3) is 0 Å². The van der Waals surface area contributed by atoms with Crippen LogP contribution in [0.3, 0.4) is 0 Å². The maximum Gasteiger partial charge on any atom is 0.239 e. The minimum Gasteiger partial charge on any atom is -0.388 e. The zero-order valence-corrected chi connectivity index (χ0v) is 12.6. The number of rotatable bonds is 4. The Labute approximate surface area is 121 Å². The molecule has 1 heterocycles. The lowest BCUT2D eigenvalue weighted by Gasteiger charge is -2.41. The van der Waals surface area contributed by atoms with Crippen LogP contribution in [0.2, 0.25) is 0 Å². The molecule has 3 fully saturated rings. The molecule has 3 rings (SSSR count). The van der Waals surface area contributed by atoms with Crippen molar-refractivity contribution in [1.82, 2.24) is 10.2 Å². The van der Waals surface area contributed by atoms with Crippen LogP contribution in [-0.2, 0) is 4.79 Å². The van der Waals surface area contributed by atoms with Crippen molar-refractivity contribution < 1.29 is 9.90 Å². The molecule has 0 spiro atoms. The number of nitrogens with zero attached hydrogens (tertiary/aromatic N) is 1. The van der Waals surface area contributed by atoms with Crippen molar-refractivity contribution in [1.29, 1.82) is 0 Å². The summed E-state index contributed by atoms with van der Waals surface area (Å²) in [6.45, 7) is 3.61. The van der Waals surface area contributed by atoms with Gasteiger partial charge in [-0.3, -0.25) is 4.79 Å². The second kappa shape index (κ2) is 5.64. The number of nitrogens with one attached hydrogen (secondary N) is 1. The summed E-state index contributed by atoms with van der Waals surface area (Å²) in [6.07, 6.45) is 8.31. The molecule has 0 aromatic carbocycles. The molecular weight excluding hydrogens is 252 g/mol. The van der Waals surface area contributed by atoms with Gasteiger partial charge in [0.2, 0.25) is 5.91 Å². The van der Waals surface area contributed by atoms with Gasteiger partial charge in [0, 0.05) is 19.1 Å².